The Morgan fingerprint density at radius 1 is 1.20 bits per heavy atom. The van der Waals surface area contributed by atoms with E-state index in [2.05, 4.69) is 25.5 Å². The molecule has 0 spiro atoms. The number of amides is 1. The smallest absolute Gasteiger partial charge is 0.230 e. The van der Waals surface area contributed by atoms with Gasteiger partial charge in [0, 0.05) is 24.5 Å². The van der Waals surface area contributed by atoms with Crippen LogP contribution in [0.1, 0.15) is 5.56 Å². The molecule has 2 heterocycles. The van der Waals surface area contributed by atoms with Crippen molar-refractivity contribution in [3.63, 3.8) is 0 Å². The Labute approximate surface area is 149 Å². The average Bonchev–Trinajstić information content (AvgIpc) is 3.15. The second-order valence-electron chi connectivity index (χ2n) is 5.12. The summed E-state index contributed by atoms with van der Waals surface area (Å²) in [5, 5.41) is 10.4. The van der Waals surface area contributed by atoms with E-state index in [1.165, 1.54) is 11.8 Å². The van der Waals surface area contributed by atoms with Gasteiger partial charge in [-0.1, -0.05) is 23.9 Å². The quantitative estimate of drug-likeness (QED) is 0.632. The summed E-state index contributed by atoms with van der Waals surface area (Å²) >= 11 is 1.28. The molecule has 128 valence electrons. The number of ether oxygens (including phenoxy) is 1. The molecule has 0 saturated heterocycles. The van der Waals surface area contributed by atoms with Gasteiger partial charge in [-0.2, -0.15) is 0 Å². The van der Waals surface area contributed by atoms with Crippen LogP contribution in [0.3, 0.4) is 0 Å². The molecule has 0 saturated carbocycles. The Kier molecular flexibility index (Phi) is 5.63. The highest BCUT2D eigenvalue weighted by Crippen LogP contribution is 2.18. The number of hydrogen-bond acceptors (Lipinski definition) is 6. The lowest BCUT2D eigenvalue weighted by Gasteiger charge is -2.05. The van der Waals surface area contributed by atoms with E-state index in [9.17, 15) is 4.79 Å². The van der Waals surface area contributed by atoms with Crippen LogP contribution in [0.25, 0.3) is 11.4 Å². The number of carbonyl (C=O) groups excluding carboxylic acids is 1. The van der Waals surface area contributed by atoms with Crippen molar-refractivity contribution in [1.29, 1.82) is 0 Å². The largest absolute Gasteiger partial charge is 0.497 e. The van der Waals surface area contributed by atoms with Crippen LogP contribution in [0.4, 0.5) is 0 Å². The maximum Gasteiger partial charge on any atom is 0.230 e. The van der Waals surface area contributed by atoms with E-state index in [4.69, 9.17) is 4.74 Å². The normalized spacial score (nSPS) is 10.4. The molecule has 0 fully saturated rings. The SMILES string of the molecule is COc1ccc(CNC(=O)CSc2n[nH]c(-c3ccncc3)n2)cc1. The van der Waals surface area contributed by atoms with Crippen LogP contribution < -0.4 is 10.1 Å². The molecule has 0 radical (unpaired) electrons. The van der Waals surface area contributed by atoms with Gasteiger partial charge in [0.05, 0.1) is 12.9 Å². The highest BCUT2D eigenvalue weighted by molar-refractivity contribution is 7.99. The fourth-order valence-electron chi connectivity index (χ4n) is 2.08. The topological polar surface area (TPSA) is 92.8 Å². The molecular formula is C17H17N5O2S. The molecule has 1 amide bonds. The first-order chi connectivity index (χ1) is 12.2. The lowest BCUT2D eigenvalue weighted by molar-refractivity contribution is -0.118. The molecule has 0 atom stereocenters. The number of benzene rings is 1. The molecule has 0 unspecified atom stereocenters. The fourth-order valence-corrected chi connectivity index (χ4v) is 2.70. The van der Waals surface area contributed by atoms with Gasteiger partial charge in [0.1, 0.15) is 5.75 Å². The van der Waals surface area contributed by atoms with Gasteiger partial charge in [-0.05, 0) is 29.8 Å². The number of pyridine rings is 1. The zero-order valence-corrected chi connectivity index (χ0v) is 14.4. The molecular weight excluding hydrogens is 338 g/mol. The zero-order valence-electron chi connectivity index (χ0n) is 13.6. The highest BCUT2D eigenvalue weighted by atomic mass is 32.2. The number of aromatic nitrogens is 4. The van der Waals surface area contributed by atoms with E-state index in [1.807, 2.05) is 36.4 Å². The van der Waals surface area contributed by atoms with Gasteiger partial charge in [0.25, 0.3) is 0 Å². The molecule has 2 aromatic heterocycles. The number of aromatic amines is 1. The summed E-state index contributed by atoms with van der Waals surface area (Å²) < 4.78 is 5.11. The summed E-state index contributed by atoms with van der Waals surface area (Å²) in [5.41, 5.74) is 1.91. The second kappa shape index (κ2) is 8.29. The third-order valence-corrected chi connectivity index (χ3v) is 4.25. The fraction of sp³-hybridized carbons (Fsp3) is 0.176. The van der Waals surface area contributed by atoms with E-state index < -0.39 is 0 Å². The molecule has 0 aliphatic rings. The first-order valence-electron chi connectivity index (χ1n) is 7.60. The van der Waals surface area contributed by atoms with Crippen LogP contribution in [0.2, 0.25) is 0 Å². The predicted octanol–water partition coefficient (Wildman–Crippen LogP) is 2.28. The molecule has 0 bridgehead atoms. The van der Waals surface area contributed by atoms with E-state index in [0.29, 0.717) is 17.5 Å². The predicted molar refractivity (Wildman–Crippen MR) is 95.2 cm³/mol. The van der Waals surface area contributed by atoms with Gasteiger partial charge in [0.15, 0.2) is 5.82 Å². The molecule has 3 rings (SSSR count). The first kappa shape index (κ1) is 17.0. The number of H-pyrrole nitrogens is 1. The lowest BCUT2D eigenvalue weighted by atomic mass is 10.2. The van der Waals surface area contributed by atoms with Gasteiger partial charge in [-0.25, -0.2) is 4.98 Å². The number of nitrogens with one attached hydrogen (secondary N) is 2. The van der Waals surface area contributed by atoms with Crippen molar-refractivity contribution in [2.45, 2.75) is 11.7 Å². The molecule has 2 N–H and O–H groups in total. The van der Waals surface area contributed by atoms with E-state index in [1.54, 1.807) is 19.5 Å². The first-order valence-corrected chi connectivity index (χ1v) is 8.58. The van der Waals surface area contributed by atoms with Crippen LogP contribution in [-0.4, -0.2) is 38.9 Å². The summed E-state index contributed by atoms with van der Waals surface area (Å²) in [5.74, 6) is 1.63. The number of hydrogen-bond donors (Lipinski definition) is 2. The number of thioether (sulfide) groups is 1. The zero-order chi connectivity index (χ0) is 17.5. The van der Waals surface area contributed by atoms with E-state index >= 15 is 0 Å². The van der Waals surface area contributed by atoms with Gasteiger partial charge in [-0.3, -0.25) is 14.9 Å². The maximum atomic E-state index is 12.0. The second-order valence-corrected chi connectivity index (χ2v) is 6.06. The molecule has 25 heavy (non-hydrogen) atoms. The lowest BCUT2D eigenvalue weighted by Crippen LogP contribution is -2.24. The number of nitrogens with zero attached hydrogens (tertiary/aromatic N) is 3. The van der Waals surface area contributed by atoms with Crippen molar-refractivity contribution in [2.24, 2.45) is 0 Å². The summed E-state index contributed by atoms with van der Waals surface area (Å²) in [6, 6.07) is 11.3. The molecule has 7 nitrogen and oxygen atoms in total. The minimum Gasteiger partial charge on any atom is -0.497 e. The van der Waals surface area contributed by atoms with Crippen molar-refractivity contribution >= 4 is 17.7 Å². The Balaban J connectivity index is 1.46. The Morgan fingerprint density at radius 3 is 2.68 bits per heavy atom. The number of carbonyl (C=O) groups is 1. The monoisotopic (exact) mass is 355 g/mol. The van der Waals surface area contributed by atoms with Crippen molar-refractivity contribution in [2.75, 3.05) is 12.9 Å². The third kappa shape index (κ3) is 4.80. The number of rotatable bonds is 7. The molecule has 1 aromatic carbocycles. The van der Waals surface area contributed by atoms with Crippen LogP contribution in [0.5, 0.6) is 5.75 Å². The summed E-state index contributed by atoms with van der Waals surface area (Å²) in [7, 11) is 1.62. The minimum atomic E-state index is -0.0731. The molecule has 0 aliphatic heterocycles. The highest BCUT2D eigenvalue weighted by Gasteiger charge is 2.09. The van der Waals surface area contributed by atoms with Gasteiger partial charge >= 0.3 is 0 Å². The summed E-state index contributed by atoms with van der Waals surface area (Å²) in [6.07, 6.45) is 3.38. The summed E-state index contributed by atoms with van der Waals surface area (Å²) in [4.78, 5) is 20.3. The van der Waals surface area contributed by atoms with Crippen LogP contribution in [0, 0.1) is 0 Å². The molecule has 0 aliphatic carbocycles. The van der Waals surface area contributed by atoms with Crippen LogP contribution in [-0.2, 0) is 11.3 Å². The average molecular weight is 355 g/mol. The van der Waals surface area contributed by atoms with Crippen molar-refractivity contribution in [1.82, 2.24) is 25.5 Å². The van der Waals surface area contributed by atoms with Gasteiger partial charge in [-0.15, -0.1) is 5.10 Å². The maximum absolute atomic E-state index is 12.0. The molecule has 3 aromatic rings. The third-order valence-electron chi connectivity index (χ3n) is 3.40. The Hall–Kier alpha value is -2.87. The van der Waals surface area contributed by atoms with Crippen molar-refractivity contribution < 1.29 is 9.53 Å². The summed E-state index contributed by atoms with van der Waals surface area (Å²) in [6.45, 7) is 0.472. The van der Waals surface area contributed by atoms with E-state index in [-0.39, 0.29) is 11.7 Å². The van der Waals surface area contributed by atoms with Crippen LogP contribution in [0.15, 0.2) is 53.9 Å². The van der Waals surface area contributed by atoms with Crippen LogP contribution >= 0.6 is 11.8 Å². The van der Waals surface area contributed by atoms with Gasteiger partial charge in [0.2, 0.25) is 11.1 Å². The van der Waals surface area contributed by atoms with E-state index in [0.717, 1.165) is 16.9 Å². The number of methoxy groups -OCH3 is 1. The minimum absolute atomic E-state index is 0.0731. The Bertz CT molecular complexity index is 821. The van der Waals surface area contributed by atoms with Crippen molar-refractivity contribution in [3.8, 4) is 17.1 Å². The molecule has 8 heteroatoms. The van der Waals surface area contributed by atoms with Crippen molar-refractivity contribution in [3.05, 3.63) is 54.4 Å². The Morgan fingerprint density at radius 2 is 1.96 bits per heavy atom. The van der Waals surface area contributed by atoms with Gasteiger partial charge < -0.3 is 10.1 Å². The standard InChI is InChI=1S/C17H17N5O2S/c1-24-14-4-2-12(3-5-14)10-19-15(23)11-25-17-20-16(21-22-17)13-6-8-18-9-7-13/h2-9H,10-11H2,1H3,(H,19,23)(H,20,21,22).